The lowest BCUT2D eigenvalue weighted by Crippen LogP contribution is -2.25. The van der Waals surface area contributed by atoms with Crippen molar-refractivity contribution in [1.29, 1.82) is 0 Å². The van der Waals surface area contributed by atoms with E-state index < -0.39 is 0 Å². The maximum Gasteiger partial charge on any atom is 0.143 e. The molecule has 1 fully saturated rings. The van der Waals surface area contributed by atoms with Crippen molar-refractivity contribution in [2.45, 2.75) is 25.4 Å². The van der Waals surface area contributed by atoms with Crippen LogP contribution < -0.4 is 5.32 Å². The van der Waals surface area contributed by atoms with Crippen molar-refractivity contribution in [3.8, 4) is 5.69 Å². The van der Waals surface area contributed by atoms with Gasteiger partial charge in [0.1, 0.15) is 6.33 Å². The predicted molar refractivity (Wildman–Crippen MR) is 78.3 cm³/mol. The maximum absolute atomic E-state index is 6.27. The van der Waals surface area contributed by atoms with Gasteiger partial charge >= 0.3 is 0 Å². The van der Waals surface area contributed by atoms with Gasteiger partial charge in [-0.25, -0.2) is 4.68 Å². The molecule has 7 heteroatoms. The van der Waals surface area contributed by atoms with Gasteiger partial charge in [0.15, 0.2) is 0 Å². The van der Waals surface area contributed by atoms with E-state index in [0.717, 1.165) is 24.3 Å². The SMILES string of the molecule is CC1CC(Nc2cc(-n3cnnn3)ccc2Cl)CN1C. The number of anilines is 1. The molecule has 1 aromatic heterocycles. The molecule has 2 atom stereocenters. The maximum atomic E-state index is 6.27. The highest BCUT2D eigenvalue weighted by Gasteiger charge is 2.26. The van der Waals surface area contributed by atoms with Gasteiger partial charge in [-0.3, -0.25) is 0 Å². The van der Waals surface area contributed by atoms with Gasteiger partial charge in [0, 0.05) is 18.6 Å². The molecule has 1 aromatic carbocycles. The number of likely N-dealkylation sites (N-methyl/N-ethyl adjacent to an activating group) is 1. The number of tetrazole rings is 1. The third-order valence-electron chi connectivity index (χ3n) is 3.81. The molecule has 2 unspecified atom stereocenters. The Kier molecular flexibility index (Phi) is 3.58. The number of hydrogen-bond acceptors (Lipinski definition) is 5. The fourth-order valence-corrected chi connectivity index (χ4v) is 2.74. The van der Waals surface area contributed by atoms with E-state index in [1.807, 2.05) is 18.2 Å². The van der Waals surface area contributed by atoms with Crippen LogP contribution in [0.4, 0.5) is 5.69 Å². The fraction of sp³-hybridized carbons (Fsp3) is 0.462. The first-order valence-electron chi connectivity index (χ1n) is 6.63. The highest BCUT2D eigenvalue weighted by Crippen LogP contribution is 2.27. The van der Waals surface area contributed by atoms with E-state index in [4.69, 9.17) is 11.6 Å². The Bertz CT molecular complexity index is 575. The Morgan fingerprint density at radius 2 is 2.25 bits per heavy atom. The molecule has 1 aliphatic rings. The monoisotopic (exact) mass is 292 g/mol. The zero-order valence-electron chi connectivity index (χ0n) is 11.5. The van der Waals surface area contributed by atoms with Crippen LogP contribution in [-0.4, -0.2) is 50.8 Å². The van der Waals surface area contributed by atoms with E-state index in [-0.39, 0.29) is 0 Å². The van der Waals surface area contributed by atoms with Gasteiger partial charge in [0.05, 0.1) is 16.4 Å². The second kappa shape index (κ2) is 5.38. The second-order valence-corrected chi connectivity index (χ2v) is 5.69. The first-order valence-corrected chi connectivity index (χ1v) is 7.01. The van der Waals surface area contributed by atoms with Crippen molar-refractivity contribution in [3.63, 3.8) is 0 Å². The number of rotatable bonds is 3. The second-order valence-electron chi connectivity index (χ2n) is 5.28. The van der Waals surface area contributed by atoms with Crippen LogP contribution in [0.1, 0.15) is 13.3 Å². The molecule has 2 aromatic rings. The summed E-state index contributed by atoms with van der Waals surface area (Å²) in [6.07, 6.45) is 2.68. The lowest BCUT2D eigenvalue weighted by molar-refractivity contribution is 0.330. The molecular formula is C13H17ClN6. The van der Waals surface area contributed by atoms with Crippen LogP contribution in [0.25, 0.3) is 5.69 Å². The molecule has 0 spiro atoms. The summed E-state index contributed by atoms with van der Waals surface area (Å²) in [6, 6.07) is 6.74. The van der Waals surface area contributed by atoms with Crippen LogP contribution in [-0.2, 0) is 0 Å². The minimum absolute atomic E-state index is 0.414. The molecular weight excluding hydrogens is 276 g/mol. The van der Waals surface area contributed by atoms with Crippen molar-refractivity contribution in [3.05, 3.63) is 29.5 Å². The first-order chi connectivity index (χ1) is 9.63. The van der Waals surface area contributed by atoms with Crippen molar-refractivity contribution < 1.29 is 0 Å². The molecule has 1 N–H and O–H groups in total. The summed E-state index contributed by atoms with van der Waals surface area (Å²) < 4.78 is 1.62. The van der Waals surface area contributed by atoms with Crippen molar-refractivity contribution >= 4 is 17.3 Å². The fourth-order valence-electron chi connectivity index (χ4n) is 2.56. The lowest BCUT2D eigenvalue weighted by Gasteiger charge is -2.16. The molecule has 1 saturated heterocycles. The van der Waals surface area contributed by atoms with E-state index in [1.54, 1.807) is 11.0 Å². The minimum atomic E-state index is 0.414. The molecule has 3 rings (SSSR count). The van der Waals surface area contributed by atoms with E-state index in [9.17, 15) is 0 Å². The largest absolute Gasteiger partial charge is 0.380 e. The number of nitrogens with zero attached hydrogens (tertiary/aromatic N) is 5. The van der Waals surface area contributed by atoms with Gasteiger partial charge in [0.25, 0.3) is 0 Å². The number of nitrogens with one attached hydrogen (secondary N) is 1. The Morgan fingerprint density at radius 3 is 2.90 bits per heavy atom. The van der Waals surface area contributed by atoms with E-state index in [1.165, 1.54) is 0 Å². The normalized spacial score (nSPS) is 23.1. The number of likely N-dealkylation sites (tertiary alicyclic amines) is 1. The first kappa shape index (κ1) is 13.3. The minimum Gasteiger partial charge on any atom is -0.380 e. The molecule has 0 amide bonds. The van der Waals surface area contributed by atoms with Crippen LogP contribution in [0.5, 0.6) is 0 Å². The zero-order chi connectivity index (χ0) is 14.1. The summed E-state index contributed by atoms with van der Waals surface area (Å²) >= 11 is 6.27. The highest BCUT2D eigenvalue weighted by atomic mass is 35.5. The van der Waals surface area contributed by atoms with E-state index in [0.29, 0.717) is 17.1 Å². The molecule has 1 aliphatic heterocycles. The summed E-state index contributed by atoms with van der Waals surface area (Å²) in [5.74, 6) is 0. The third-order valence-corrected chi connectivity index (χ3v) is 4.14. The average molecular weight is 293 g/mol. The van der Waals surface area contributed by atoms with Gasteiger partial charge in [0.2, 0.25) is 0 Å². The summed E-state index contributed by atoms with van der Waals surface area (Å²) in [5, 5.41) is 15.4. The average Bonchev–Trinajstić information content (AvgIpc) is 3.04. The zero-order valence-corrected chi connectivity index (χ0v) is 12.2. The van der Waals surface area contributed by atoms with Crippen LogP contribution in [0, 0.1) is 0 Å². The lowest BCUT2D eigenvalue weighted by atomic mass is 10.2. The van der Waals surface area contributed by atoms with Crippen LogP contribution >= 0.6 is 11.6 Å². The quantitative estimate of drug-likeness (QED) is 0.935. The Hall–Kier alpha value is -1.66. The van der Waals surface area contributed by atoms with Crippen LogP contribution in [0.2, 0.25) is 5.02 Å². The van der Waals surface area contributed by atoms with E-state index >= 15 is 0 Å². The summed E-state index contributed by atoms with van der Waals surface area (Å²) in [7, 11) is 2.14. The third kappa shape index (κ3) is 2.62. The van der Waals surface area contributed by atoms with Crippen LogP contribution in [0.15, 0.2) is 24.5 Å². The summed E-state index contributed by atoms with van der Waals surface area (Å²) in [5.41, 5.74) is 1.81. The number of halogens is 1. The van der Waals surface area contributed by atoms with Gasteiger partial charge in [-0.1, -0.05) is 11.6 Å². The van der Waals surface area contributed by atoms with Crippen molar-refractivity contribution in [1.82, 2.24) is 25.1 Å². The molecule has 0 bridgehead atoms. The van der Waals surface area contributed by atoms with E-state index in [2.05, 4.69) is 39.7 Å². The topological polar surface area (TPSA) is 58.9 Å². The summed E-state index contributed by atoms with van der Waals surface area (Å²) in [4.78, 5) is 2.34. The molecule has 106 valence electrons. The molecule has 0 saturated carbocycles. The van der Waals surface area contributed by atoms with Gasteiger partial charge in [-0.2, -0.15) is 0 Å². The molecule has 6 nitrogen and oxygen atoms in total. The standard InChI is InChI=1S/C13H17ClN6/c1-9-5-10(7-19(9)2)16-13-6-11(3-4-12(13)14)20-8-15-17-18-20/h3-4,6,8-10,16H,5,7H2,1-2H3. The number of benzene rings is 1. The molecule has 20 heavy (non-hydrogen) atoms. The van der Waals surface area contributed by atoms with Crippen molar-refractivity contribution in [2.24, 2.45) is 0 Å². The molecule has 0 aliphatic carbocycles. The molecule has 2 heterocycles. The highest BCUT2D eigenvalue weighted by molar-refractivity contribution is 6.33. The van der Waals surface area contributed by atoms with Gasteiger partial charge in [-0.05, 0) is 49.0 Å². The Morgan fingerprint density at radius 1 is 1.40 bits per heavy atom. The Labute approximate surface area is 122 Å². The molecule has 0 radical (unpaired) electrons. The predicted octanol–water partition coefficient (Wildman–Crippen LogP) is 1.82. The van der Waals surface area contributed by atoms with Gasteiger partial charge in [-0.15, -0.1) is 5.10 Å². The number of aromatic nitrogens is 4. The van der Waals surface area contributed by atoms with Crippen molar-refractivity contribution in [2.75, 3.05) is 18.9 Å². The number of hydrogen-bond donors (Lipinski definition) is 1. The Balaban J connectivity index is 1.81. The smallest absolute Gasteiger partial charge is 0.143 e. The van der Waals surface area contributed by atoms with Gasteiger partial charge < -0.3 is 10.2 Å². The van der Waals surface area contributed by atoms with Crippen LogP contribution in [0.3, 0.4) is 0 Å². The summed E-state index contributed by atoms with van der Waals surface area (Å²) in [6.45, 7) is 3.26.